The van der Waals surface area contributed by atoms with Gasteiger partial charge in [0.25, 0.3) is 5.91 Å². The monoisotopic (exact) mass is 365 g/mol. The molecule has 2 heterocycles. The van der Waals surface area contributed by atoms with E-state index < -0.39 is 5.91 Å². The third-order valence-electron chi connectivity index (χ3n) is 4.98. The molecule has 138 valence electrons. The highest BCUT2D eigenvalue weighted by Gasteiger charge is 2.24. The highest BCUT2D eigenvalue weighted by Crippen LogP contribution is 2.27. The van der Waals surface area contributed by atoms with Gasteiger partial charge in [-0.25, -0.2) is 14.4 Å². The first-order valence-corrected chi connectivity index (χ1v) is 8.84. The Morgan fingerprint density at radius 2 is 2.15 bits per heavy atom. The molecule has 1 saturated heterocycles. The highest BCUT2D eigenvalue weighted by atomic mass is 19.1. The molecule has 3 aromatic rings. The maximum atomic E-state index is 13.9. The summed E-state index contributed by atoms with van der Waals surface area (Å²) in [6.45, 7) is 3.33. The number of carbonyl (C=O) groups excluding carboxylic acids is 1. The minimum Gasteiger partial charge on any atom is -0.369 e. The van der Waals surface area contributed by atoms with Crippen molar-refractivity contribution in [2.75, 3.05) is 23.3 Å². The number of fused-ring (bicyclic) bond motifs is 1. The molecule has 1 unspecified atom stereocenters. The van der Waals surface area contributed by atoms with Crippen LogP contribution in [-0.2, 0) is 0 Å². The van der Waals surface area contributed by atoms with Crippen molar-refractivity contribution in [2.45, 2.75) is 19.4 Å². The molecule has 27 heavy (non-hydrogen) atoms. The predicted octanol–water partition coefficient (Wildman–Crippen LogP) is 2.87. The summed E-state index contributed by atoms with van der Waals surface area (Å²) >= 11 is 0. The van der Waals surface area contributed by atoms with E-state index in [0.29, 0.717) is 22.5 Å². The van der Waals surface area contributed by atoms with Gasteiger partial charge in [0.15, 0.2) is 0 Å². The van der Waals surface area contributed by atoms with Crippen LogP contribution in [0.25, 0.3) is 10.9 Å². The summed E-state index contributed by atoms with van der Waals surface area (Å²) in [4.78, 5) is 22.3. The number of nitrogens with one attached hydrogen (secondary N) is 1. The van der Waals surface area contributed by atoms with E-state index in [1.54, 1.807) is 31.2 Å². The fourth-order valence-corrected chi connectivity index (χ4v) is 3.49. The van der Waals surface area contributed by atoms with Gasteiger partial charge in [-0.05, 0) is 43.2 Å². The van der Waals surface area contributed by atoms with Gasteiger partial charge in [0.1, 0.15) is 18.0 Å². The number of carbonyl (C=O) groups is 1. The number of para-hydroxylation sites is 1. The van der Waals surface area contributed by atoms with Crippen molar-refractivity contribution in [1.82, 2.24) is 9.97 Å². The molecule has 0 bridgehead atoms. The molecule has 7 heteroatoms. The van der Waals surface area contributed by atoms with E-state index in [4.69, 9.17) is 5.73 Å². The predicted molar refractivity (Wildman–Crippen MR) is 103 cm³/mol. The van der Waals surface area contributed by atoms with Crippen LogP contribution in [0.5, 0.6) is 0 Å². The van der Waals surface area contributed by atoms with Gasteiger partial charge < -0.3 is 16.0 Å². The van der Waals surface area contributed by atoms with Crippen LogP contribution in [0.3, 0.4) is 0 Å². The van der Waals surface area contributed by atoms with Gasteiger partial charge in [0.05, 0.1) is 11.1 Å². The number of halogens is 1. The van der Waals surface area contributed by atoms with E-state index in [1.165, 1.54) is 6.33 Å². The number of amides is 1. The number of anilines is 2. The largest absolute Gasteiger partial charge is 0.369 e. The first-order valence-electron chi connectivity index (χ1n) is 8.84. The van der Waals surface area contributed by atoms with Crippen LogP contribution in [0.15, 0.2) is 42.7 Å². The second kappa shape index (κ2) is 6.83. The normalized spacial score (nSPS) is 16.7. The van der Waals surface area contributed by atoms with E-state index in [-0.39, 0.29) is 11.9 Å². The number of nitrogens with zero attached hydrogens (tertiary/aromatic N) is 3. The van der Waals surface area contributed by atoms with Gasteiger partial charge in [-0.1, -0.05) is 12.1 Å². The zero-order valence-corrected chi connectivity index (χ0v) is 14.9. The topological polar surface area (TPSA) is 84.1 Å². The lowest BCUT2D eigenvalue weighted by Crippen LogP contribution is -2.26. The van der Waals surface area contributed by atoms with Crippen molar-refractivity contribution >= 4 is 28.3 Å². The average Bonchev–Trinajstić information content (AvgIpc) is 3.12. The summed E-state index contributed by atoms with van der Waals surface area (Å²) in [6, 6.07) is 10.8. The number of aryl methyl sites for hydroxylation is 1. The van der Waals surface area contributed by atoms with E-state index in [0.717, 1.165) is 30.6 Å². The molecular weight excluding hydrogens is 345 g/mol. The minimum absolute atomic E-state index is 0.157. The molecule has 1 aliphatic rings. The van der Waals surface area contributed by atoms with Gasteiger partial charge in [-0.2, -0.15) is 0 Å². The zero-order valence-electron chi connectivity index (χ0n) is 14.9. The summed E-state index contributed by atoms with van der Waals surface area (Å²) < 4.78 is 13.9. The van der Waals surface area contributed by atoms with E-state index in [2.05, 4.69) is 20.2 Å². The summed E-state index contributed by atoms with van der Waals surface area (Å²) in [5.41, 5.74) is 7.88. The second-order valence-corrected chi connectivity index (χ2v) is 6.80. The van der Waals surface area contributed by atoms with Gasteiger partial charge in [-0.3, -0.25) is 4.79 Å². The maximum absolute atomic E-state index is 13.9. The lowest BCUT2D eigenvalue weighted by atomic mass is 10.1. The summed E-state index contributed by atoms with van der Waals surface area (Å²) in [5.74, 6) is -0.0339. The molecule has 2 aromatic carbocycles. The van der Waals surface area contributed by atoms with Crippen molar-refractivity contribution in [1.29, 1.82) is 0 Å². The van der Waals surface area contributed by atoms with E-state index >= 15 is 0 Å². The maximum Gasteiger partial charge on any atom is 0.250 e. The number of aromatic nitrogens is 2. The molecule has 1 amide bonds. The Hall–Kier alpha value is -3.22. The lowest BCUT2D eigenvalue weighted by Gasteiger charge is -2.20. The molecule has 1 atom stereocenters. The van der Waals surface area contributed by atoms with Crippen LogP contribution < -0.4 is 16.0 Å². The number of rotatable bonds is 4. The molecule has 0 spiro atoms. The minimum atomic E-state index is -0.515. The zero-order chi connectivity index (χ0) is 19.0. The standard InChI is InChI=1S/C20H20FN5O/c1-12-5-6-14(9-17(12)21)26-8-7-13(10-26)25-20-16-4-2-3-15(19(22)27)18(16)23-11-24-20/h2-6,9,11,13H,7-8,10H2,1H3,(H2,22,27)(H,23,24,25). The van der Waals surface area contributed by atoms with Gasteiger partial charge >= 0.3 is 0 Å². The number of hydrogen-bond acceptors (Lipinski definition) is 5. The first kappa shape index (κ1) is 17.2. The third kappa shape index (κ3) is 3.28. The summed E-state index contributed by atoms with van der Waals surface area (Å²) in [6.07, 6.45) is 2.33. The average molecular weight is 365 g/mol. The van der Waals surface area contributed by atoms with Crippen LogP contribution in [0.4, 0.5) is 15.9 Å². The van der Waals surface area contributed by atoms with Crippen LogP contribution in [0.2, 0.25) is 0 Å². The molecule has 1 fully saturated rings. The Morgan fingerprint density at radius 3 is 2.93 bits per heavy atom. The van der Waals surface area contributed by atoms with Crippen molar-refractivity contribution in [2.24, 2.45) is 5.73 Å². The Labute approximate surface area is 156 Å². The van der Waals surface area contributed by atoms with Gasteiger partial charge in [0.2, 0.25) is 0 Å². The Balaban J connectivity index is 1.56. The molecule has 0 radical (unpaired) electrons. The fraction of sp³-hybridized carbons (Fsp3) is 0.250. The lowest BCUT2D eigenvalue weighted by molar-refractivity contribution is 0.100. The number of nitrogens with two attached hydrogens (primary N) is 1. The second-order valence-electron chi connectivity index (χ2n) is 6.80. The molecule has 0 saturated carbocycles. The van der Waals surface area contributed by atoms with Crippen LogP contribution in [-0.4, -0.2) is 35.0 Å². The van der Waals surface area contributed by atoms with Crippen LogP contribution >= 0.6 is 0 Å². The van der Waals surface area contributed by atoms with Crippen molar-refractivity contribution < 1.29 is 9.18 Å². The van der Waals surface area contributed by atoms with Crippen molar-refractivity contribution in [3.05, 3.63) is 59.7 Å². The van der Waals surface area contributed by atoms with Crippen molar-refractivity contribution in [3.63, 3.8) is 0 Å². The summed E-state index contributed by atoms with van der Waals surface area (Å²) in [7, 11) is 0. The molecule has 1 aromatic heterocycles. The van der Waals surface area contributed by atoms with Crippen molar-refractivity contribution in [3.8, 4) is 0 Å². The third-order valence-corrected chi connectivity index (χ3v) is 4.98. The molecule has 6 nitrogen and oxygen atoms in total. The van der Waals surface area contributed by atoms with Gasteiger partial charge in [0, 0.05) is 30.2 Å². The molecule has 1 aliphatic heterocycles. The SMILES string of the molecule is Cc1ccc(N2CCC(Nc3ncnc4c(C(N)=O)cccc34)C2)cc1F. The molecule has 4 rings (SSSR count). The fourth-order valence-electron chi connectivity index (χ4n) is 3.49. The Kier molecular flexibility index (Phi) is 4.35. The quantitative estimate of drug-likeness (QED) is 0.743. The molecule has 0 aliphatic carbocycles. The van der Waals surface area contributed by atoms with E-state index in [1.807, 2.05) is 12.1 Å². The van der Waals surface area contributed by atoms with Gasteiger partial charge in [-0.15, -0.1) is 0 Å². The Bertz CT molecular complexity index is 1020. The Morgan fingerprint density at radius 1 is 1.30 bits per heavy atom. The molecular formula is C20H20FN5O. The summed E-state index contributed by atoms with van der Waals surface area (Å²) in [5, 5.41) is 4.20. The first-order chi connectivity index (χ1) is 13.0. The van der Waals surface area contributed by atoms with Crippen LogP contribution in [0, 0.1) is 12.7 Å². The molecule has 3 N–H and O–H groups in total. The van der Waals surface area contributed by atoms with E-state index in [9.17, 15) is 9.18 Å². The number of hydrogen-bond donors (Lipinski definition) is 2. The van der Waals surface area contributed by atoms with Crippen LogP contribution in [0.1, 0.15) is 22.3 Å². The highest BCUT2D eigenvalue weighted by molar-refractivity contribution is 6.06. The number of primary amides is 1. The number of benzene rings is 2. The smallest absolute Gasteiger partial charge is 0.250 e.